The van der Waals surface area contributed by atoms with Crippen molar-refractivity contribution in [1.29, 1.82) is 0 Å². The van der Waals surface area contributed by atoms with Crippen LogP contribution >= 0.6 is 0 Å². The standard InChI is InChI=1S/C21H21N7/c1-13-25-18-5-3-16(11-19(18)26-13)27-20-7-9-24-21(22,28-20)12-14-2-4-17-15(10-14)6-8-23-17/h2-11,23,27-28H,12,22H2,1H3,(H,25,26). The number of fused-ring (bicyclic) bond motifs is 2. The van der Waals surface area contributed by atoms with Crippen molar-refractivity contribution < 1.29 is 0 Å². The number of hydrogen-bond donors (Lipinski definition) is 5. The summed E-state index contributed by atoms with van der Waals surface area (Å²) in [6.07, 6.45) is 6.13. The quantitative estimate of drug-likeness (QED) is 0.380. The smallest absolute Gasteiger partial charge is 0.187 e. The lowest BCUT2D eigenvalue weighted by Gasteiger charge is -2.31. The number of nitrogens with zero attached hydrogens (tertiary/aromatic N) is 2. The van der Waals surface area contributed by atoms with Gasteiger partial charge in [-0.25, -0.2) is 4.98 Å². The Kier molecular flexibility index (Phi) is 3.70. The molecule has 5 rings (SSSR count). The zero-order chi connectivity index (χ0) is 19.1. The highest BCUT2D eigenvalue weighted by Crippen LogP contribution is 2.21. The Hall–Kier alpha value is -3.58. The van der Waals surface area contributed by atoms with E-state index >= 15 is 0 Å². The minimum atomic E-state index is -0.907. The van der Waals surface area contributed by atoms with Crippen molar-refractivity contribution in [3.05, 3.63) is 71.9 Å². The average Bonchev–Trinajstić information content (AvgIpc) is 3.26. The second-order valence-electron chi connectivity index (χ2n) is 7.16. The number of rotatable bonds is 4. The zero-order valence-corrected chi connectivity index (χ0v) is 15.5. The molecular formula is C21H21N7. The van der Waals surface area contributed by atoms with E-state index in [1.54, 1.807) is 6.21 Å². The van der Waals surface area contributed by atoms with E-state index in [0.29, 0.717) is 6.42 Å². The molecule has 0 bridgehead atoms. The van der Waals surface area contributed by atoms with E-state index in [0.717, 1.165) is 44.8 Å². The molecule has 2 aromatic carbocycles. The number of aryl methyl sites for hydroxylation is 1. The molecule has 0 saturated carbocycles. The fourth-order valence-corrected chi connectivity index (χ4v) is 3.61. The van der Waals surface area contributed by atoms with Gasteiger partial charge in [0, 0.05) is 30.0 Å². The van der Waals surface area contributed by atoms with Crippen molar-refractivity contribution in [3.8, 4) is 0 Å². The van der Waals surface area contributed by atoms with Gasteiger partial charge in [0.05, 0.1) is 11.0 Å². The molecule has 1 aliphatic rings. The van der Waals surface area contributed by atoms with Crippen LogP contribution in [0.4, 0.5) is 5.69 Å². The molecule has 0 aliphatic carbocycles. The second kappa shape index (κ2) is 6.24. The molecule has 140 valence electrons. The van der Waals surface area contributed by atoms with Gasteiger partial charge in [-0.3, -0.25) is 10.7 Å². The van der Waals surface area contributed by atoms with Gasteiger partial charge in [-0.15, -0.1) is 0 Å². The van der Waals surface area contributed by atoms with E-state index in [2.05, 4.69) is 54.8 Å². The predicted octanol–water partition coefficient (Wildman–Crippen LogP) is 3.14. The molecule has 1 aliphatic heterocycles. The third-order valence-corrected chi connectivity index (χ3v) is 4.87. The molecule has 0 fully saturated rings. The summed E-state index contributed by atoms with van der Waals surface area (Å²) in [7, 11) is 0. The fourth-order valence-electron chi connectivity index (χ4n) is 3.61. The molecule has 4 aromatic rings. The van der Waals surface area contributed by atoms with Gasteiger partial charge in [0.25, 0.3) is 0 Å². The number of aromatic amines is 2. The number of aromatic nitrogens is 3. The summed E-state index contributed by atoms with van der Waals surface area (Å²) in [5.74, 6) is 0.793. The number of nitrogens with two attached hydrogens (primary N) is 1. The molecule has 28 heavy (non-hydrogen) atoms. The summed E-state index contributed by atoms with van der Waals surface area (Å²) in [6.45, 7) is 1.95. The van der Waals surface area contributed by atoms with Gasteiger partial charge in [-0.1, -0.05) is 6.07 Å². The van der Waals surface area contributed by atoms with E-state index in [-0.39, 0.29) is 0 Å². The van der Waals surface area contributed by atoms with Crippen molar-refractivity contribution in [2.75, 3.05) is 5.32 Å². The van der Waals surface area contributed by atoms with Crippen LogP contribution in [0.5, 0.6) is 0 Å². The van der Waals surface area contributed by atoms with E-state index in [4.69, 9.17) is 5.73 Å². The Morgan fingerprint density at radius 3 is 2.96 bits per heavy atom. The Balaban J connectivity index is 1.34. The summed E-state index contributed by atoms with van der Waals surface area (Å²) >= 11 is 0. The SMILES string of the molecule is Cc1nc2ccc(NC3=CC=NC(N)(Cc4ccc5[nH]ccc5c4)N3)cc2[nH]1. The Morgan fingerprint density at radius 2 is 2.04 bits per heavy atom. The molecule has 7 nitrogen and oxygen atoms in total. The largest absolute Gasteiger partial charge is 0.361 e. The summed E-state index contributed by atoms with van der Waals surface area (Å²) in [5.41, 5.74) is 11.7. The molecule has 1 unspecified atom stereocenters. The molecule has 7 heteroatoms. The highest BCUT2D eigenvalue weighted by atomic mass is 15.3. The van der Waals surface area contributed by atoms with Gasteiger partial charge in [-0.05, 0) is 60.3 Å². The Labute approximate surface area is 161 Å². The minimum absolute atomic E-state index is 0.572. The molecule has 2 aromatic heterocycles. The first-order valence-corrected chi connectivity index (χ1v) is 9.18. The van der Waals surface area contributed by atoms with Gasteiger partial charge < -0.3 is 20.6 Å². The van der Waals surface area contributed by atoms with Crippen LogP contribution in [0.2, 0.25) is 0 Å². The fraction of sp³-hybridized carbons (Fsp3) is 0.143. The number of nitrogens with one attached hydrogen (secondary N) is 4. The maximum absolute atomic E-state index is 6.53. The van der Waals surface area contributed by atoms with Crippen molar-refractivity contribution in [3.63, 3.8) is 0 Å². The van der Waals surface area contributed by atoms with Crippen LogP contribution in [0.1, 0.15) is 11.4 Å². The maximum Gasteiger partial charge on any atom is 0.187 e. The van der Waals surface area contributed by atoms with Crippen LogP contribution in [0.15, 0.2) is 65.6 Å². The van der Waals surface area contributed by atoms with E-state index in [1.807, 2.05) is 37.4 Å². The number of aliphatic imine (C=N–C) groups is 1. The first kappa shape index (κ1) is 16.6. The molecule has 6 N–H and O–H groups in total. The van der Waals surface area contributed by atoms with Gasteiger partial charge in [0.2, 0.25) is 0 Å². The highest BCUT2D eigenvalue weighted by Gasteiger charge is 2.26. The van der Waals surface area contributed by atoms with Crippen LogP contribution in [0.3, 0.4) is 0 Å². The summed E-state index contributed by atoms with van der Waals surface area (Å²) in [5, 5.41) is 7.86. The normalized spacial score (nSPS) is 19.0. The van der Waals surface area contributed by atoms with Gasteiger partial charge in [0.15, 0.2) is 5.79 Å². The monoisotopic (exact) mass is 371 g/mol. The summed E-state index contributed by atoms with van der Waals surface area (Å²) in [4.78, 5) is 15.4. The molecular weight excluding hydrogens is 350 g/mol. The highest BCUT2D eigenvalue weighted by molar-refractivity contribution is 5.81. The predicted molar refractivity (Wildman–Crippen MR) is 113 cm³/mol. The van der Waals surface area contributed by atoms with Crippen molar-refractivity contribution >= 4 is 33.8 Å². The number of anilines is 1. The van der Waals surface area contributed by atoms with E-state index in [9.17, 15) is 0 Å². The minimum Gasteiger partial charge on any atom is -0.361 e. The Morgan fingerprint density at radius 1 is 1.11 bits per heavy atom. The topological polar surface area (TPSA) is 107 Å². The van der Waals surface area contributed by atoms with Crippen LogP contribution in [-0.4, -0.2) is 27.0 Å². The van der Waals surface area contributed by atoms with Gasteiger partial charge in [0.1, 0.15) is 11.6 Å². The number of imidazole rings is 1. The summed E-state index contributed by atoms with van der Waals surface area (Å²) < 4.78 is 0. The van der Waals surface area contributed by atoms with E-state index < -0.39 is 5.79 Å². The lowest BCUT2D eigenvalue weighted by Crippen LogP contribution is -2.55. The third kappa shape index (κ3) is 3.12. The maximum atomic E-state index is 6.53. The molecule has 1 atom stereocenters. The van der Waals surface area contributed by atoms with Crippen molar-refractivity contribution in [2.45, 2.75) is 19.1 Å². The van der Waals surface area contributed by atoms with Crippen molar-refractivity contribution in [1.82, 2.24) is 20.3 Å². The Bertz CT molecular complexity index is 1230. The second-order valence-corrected chi connectivity index (χ2v) is 7.16. The number of hydrogen-bond acceptors (Lipinski definition) is 5. The van der Waals surface area contributed by atoms with Crippen molar-refractivity contribution in [2.24, 2.45) is 10.7 Å². The van der Waals surface area contributed by atoms with Crippen LogP contribution in [-0.2, 0) is 6.42 Å². The first-order chi connectivity index (χ1) is 13.6. The van der Waals surface area contributed by atoms with Crippen LogP contribution in [0, 0.1) is 6.92 Å². The zero-order valence-electron chi connectivity index (χ0n) is 15.5. The molecule has 3 heterocycles. The lowest BCUT2D eigenvalue weighted by atomic mass is 10.0. The molecule has 0 amide bonds. The average molecular weight is 371 g/mol. The third-order valence-electron chi connectivity index (χ3n) is 4.87. The molecule has 0 radical (unpaired) electrons. The number of H-pyrrole nitrogens is 2. The van der Waals surface area contributed by atoms with E-state index in [1.165, 1.54) is 0 Å². The van der Waals surface area contributed by atoms with Crippen LogP contribution < -0.4 is 16.4 Å². The molecule has 0 spiro atoms. The lowest BCUT2D eigenvalue weighted by molar-refractivity contribution is 0.381. The summed E-state index contributed by atoms with van der Waals surface area (Å²) in [6, 6.07) is 14.3. The number of benzene rings is 2. The molecule has 0 saturated heterocycles. The van der Waals surface area contributed by atoms with Gasteiger partial charge >= 0.3 is 0 Å². The van der Waals surface area contributed by atoms with Crippen LogP contribution in [0.25, 0.3) is 21.9 Å². The van der Waals surface area contributed by atoms with Gasteiger partial charge in [-0.2, -0.15) is 0 Å². The number of allylic oxidation sites excluding steroid dienone is 1. The first-order valence-electron chi connectivity index (χ1n) is 9.18.